The van der Waals surface area contributed by atoms with Crippen LogP contribution in [0.2, 0.25) is 0 Å². The predicted octanol–water partition coefficient (Wildman–Crippen LogP) is 1.81. The number of nitrogens with two attached hydrogens (primary N) is 1. The van der Waals surface area contributed by atoms with Crippen LogP contribution in [0.3, 0.4) is 0 Å². The number of hydrogen-bond acceptors (Lipinski definition) is 3. The van der Waals surface area contributed by atoms with Crippen LogP contribution in [-0.2, 0) is 12.9 Å². The van der Waals surface area contributed by atoms with E-state index in [1.54, 1.807) is 0 Å². The number of nitrogens with zero attached hydrogens (tertiary/aromatic N) is 1. The van der Waals surface area contributed by atoms with E-state index in [4.69, 9.17) is 7.10 Å². The van der Waals surface area contributed by atoms with Crippen LogP contribution in [0.1, 0.15) is 47.3 Å². The summed E-state index contributed by atoms with van der Waals surface area (Å²) in [6.07, 6.45) is 4.67. The van der Waals surface area contributed by atoms with Crippen LogP contribution < -0.4 is 11.1 Å². The van der Waals surface area contributed by atoms with Crippen LogP contribution >= 0.6 is 0 Å². The van der Waals surface area contributed by atoms with Crippen LogP contribution in [0.5, 0.6) is 0 Å². The molecule has 1 aliphatic carbocycles. The second kappa shape index (κ2) is 3.78. The lowest BCUT2D eigenvalue weighted by molar-refractivity contribution is 0.1000. The molecule has 0 saturated carbocycles. The molecule has 2 atom stereocenters. The molecule has 0 bridgehead atoms. The third kappa shape index (κ3) is 1.50. The molecule has 2 aromatic rings. The maximum absolute atomic E-state index is 11.3. The molecule has 4 heteroatoms. The van der Waals surface area contributed by atoms with E-state index in [1.807, 2.05) is 12.1 Å². The molecule has 1 aliphatic heterocycles. The van der Waals surface area contributed by atoms with E-state index < -0.39 is 5.91 Å². The van der Waals surface area contributed by atoms with Crippen molar-refractivity contribution in [2.24, 2.45) is 5.73 Å². The molecule has 0 saturated heterocycles. The van der Waals surface area contributed by atoms with Crippen molar-refractivity contribution >= 4 is 16.8 Å². The predicted molar refractivity (Wildman–Crippen MR) is 72.8 cm³/mol. The molecule has 0 fully saturated rings. The first-order chi connectivity index (χ1) is 9.65. The summed E-state index contributed by atoms with van der Waals surface area (Å²) >= 11 is 0. The zero-order valence-corrected chi connectivity index (χ0v) is 10.4. The van der Waals surface area contributed by atoms with Gasteiger partial charge in [0.1, 0.15) is 0 Å². The fourth-order valence-electron chi connectivity index (χ4n) is 3.30. The molecule has 0 radical (unpaired) electrons. The molecule has 3 N–H and O–H groups in total. The van der Waals surface area contributed by atoms with Gasteiger partial charge in [0.25, 0.3) is 0 Å². The van der Waals surface area contributed by atoms with E-state index in [1.165, 1.54) is 17.3 Å². The first kappa shape index (κ1) is 9.92. The molecule has 1 amide bonds. The second-order valence-corrected chi connectivity index (χ2v) is 5.27. The second-order valence-electron chi connectivity index (χ2n) is 5.27. The summed E-state index contributed by atoms with van der Waals surface area (Å²) in [5.74, 6) is -0.448. The molecule has 1 aromatic heterocycles. The number of carbonyl (C=O) groups is 1. The summed E-state index contributed by atoms with van der Waals surface area (Å²) in [6, 6.07) is 4.10. The van der Waals surface area contributed by atoms with E-state index in [0.29, 0.717) is 5.56 Å². The Hall–Kier alpha value is -1.94. The highest BCUT2D eigenvalue weighted by atomic mass is 16.1. The van der Waals surface area contributed by atoms with Crippen molar-refractivity contribution in [3.05, 3.63) is 40.6 Å². The number of carbonyl (C=O) groups excluding carboxylic acids is 1. The molecule has 2 unspecified atom stereocenters. The lowest BCUT2D eigenvalue weighted by atomic mass is 9.84. The van der Waals surface area contributed by atoms with Gasteiger partial charge in [-0.2, -0.15) is 0 Å². The molecule has 96 valence electrons. The van der Waals surface area contributed by atoms with Crippen molar-refractivity contribution in [2.45, 2.75) is 31.8 Å². The zero-order valence-electron chi connectivity index (χ0n) is 11.4. The van der Waals surface area contributed by atoms with Gasteiger partial charge < -0.3 is 11.1 Å². The Labute approximate surface area is 112 Å². The summed E-state index contributed by atoms with van der Waals surface area (Å²) in [5, 5.41) is 4.34. The number of aromatic nitrogens is 1. The van der Waals surface area contributed by atoms with Crippen LogP contribution in [0.25, 0.3) is 10.9 Å². The van der Waals surface area contributed by atoms with Crippen LogP contribution in [0.15, 0.2) is 18.3 Å². The zero-order chi connectivity index (χ0) is 13.9. The smallest absolute Gasteiger partial charge is 0.250 e. The Kier molecular flexibility index (Phi) is 1.97. The number of benzene rings is 1. The minimum atomic E-state index is -0.448. The quantitative estimate of drug-likeness (QED) is 0.815. The fraction of sp³-hybridized carbons (Fsp3) is 0.333. The van der Waals surface area contributed by atoms with Crippen LogP contribution in [-0.4, -0.2) is 10.9 Å². The van der Waals surface area contributed by atoms with E-state index in [-0.39, 0.29) is 12.6 Å². The number of hydrogen-bond donors (Lipinski definition) is 2. The van der Waals surface area contributed by atoms with E-state index in [2.05, 4.69) is 10.3 Å². The van der Waals surface area contributed by atoms with E-state index >= 15 is 0 Å². The molecule has 19 heavy (non-hydrogen) atoms. The SMILES string of the molecule is [2H]C1NC2CCCc3c2c1cc1ncc(C(N)=O)cc31. The Balaban J connectivity index is 2.06. The molecular formula is C15H15N3O. The highest BCUT2D eigenvalue weighted by Crippen LogP contribution is 2.40. The van der Waals surface area contributed by atoms with Crippen molar-refractivity contribution in [3.8, 4) is 0 Å². The lowest BCUT2D eigenvalue weighted by Gasteiger charge is -2.23. The summed E-state index contributed by atoms with van der Waals surface area (Å²) in [5.41, 5.74) is 10.2. The molecule has 1 aromatic carbocycles. The van der Waals surface area contributed by atoms with E-state index in [9.17, 15) is 4.79 Å². The number of pyridine rings is 1. The number of rotatable bonds is 1. The van der Waals surface area contributed by atoms with Crippen LogP contribution in [0.4, 0.5) is 0 Å². The molecule has 0 spiro atoms. The Bertz CT molecular complexity index is 743. The molecule has 2 heterocycles. The van der Waals surface area contributed by atoms with Gasteiger partial charge in [0.05, 0.1) is 11.1 Å². The van der Waals surface area contributed by atoms with Gasteiger partial charge >= 0.3 is 0 Å². The van der Waals surface area contributed by atoms with Gasteiger partial charge in [0.15, 0.2) is 0 Å². The van der Waals surface area contributed by atoms with Gasteiger partial charge in [-0.15, -0.1) is 0 Å². The van der Waals surface area contributed by atoms with Crippen molar-refractivity contribution in [2.75, 3.05) is 0 Å². The number of nitrogens with one attached hydrogen (secondary N) is 1. The Morgan fingerprint density at radius 3 is 3.26 bits per heavy atom. The first-order valence-electron chi connectivity index (χ1n) is 7.16. The highest BCUT2D eigenvalue weighted by Gasteiger charge is 2.29. The Morgan fingerprint density at radius 1 is 1.53 bits per heavy atom. The number of primary amides is 1. The van der Waals surface area contributed by atoms with Crippen molar-refractivity contribution in [1.29, 1.82) is 0 Å². The number of aryl methyl sites for hydroxylation is 1. The van der Waals surface area contributed by atoms with Crippen molar-refractivity contribution in [1.82, 2.24) is 10.3 Å². The largest absolute Gasteiger partial charge is 0.366 e. The number of fused-ring (bicyclic) bond motifs is 2. The summed E-state index contributed by atoms with van der Waals surface area (Å²) < 4.78 is 8.14. The van der Waals surface area contributed by atoms with Gasteiger partial charge in [-0.25, -0.2) is 0 Å². The van der Waals surface area contributed by atoms with Gasteiger partial charge in [-0.05, 0) is 48.1 Å². The first-order valence-corrected chi connectivity index (χ1v) is 6.58. The van der Waals surface area contributed by atoms with Crippen molar-refractivity contribution in [3.63, 3.8) is 0 Å². The van der Waals surface area contributed by atoms with Crippen LogP contribution in [0, 0.1) is 0 Å². The third-order valence-corrected chi connectivity index (χ3v) is 4.16. The highest BCUT2D eigenvalue weighted by molar-refractivity contribution is 5.97. The molecule has 2 aliphatic rings. The monoisotopic (exact) mass is 254 g/mol. The maximum atomic E-state index is 11.3. The van der Waals surface area contributed by atoms with Gasteiger partial charge in [-0.3, -0.25) is 9.78 Å². The topological polar surface area (TPSA) is 68.0 Å². The summed E-state index contributed by atoms with van der Waals surface area (Å²) in [6.45, 7) is -0.367. The maximum Gasteiger partial charge on any atom is 0.250 e. The summed E-state index contributed by atoms with van der Waals surface area (Å²) in [4.78, 5) is 15.7. The van der Waals surface area contributed by atoms with Gasteiger partial charge in [-0.1, -0.05) is 0 Å². The van der Waals surface area contributed by atoms with E-state index in [0.717, 1.165) is 35.7 Å². The minimum Gasteiger partial charge on any atom is -0.366 e. The third-order valence-electron chi connectivity index (χ3n) is 4.16. The molecule has 4 nitrogen and oxygen atoms in total. The van der Waals surface area contributed by atoms with Crippen molar-refractivity contribution < 1.29 is 6.17 Å². The van der Waals surface area contributed by atoms with Gasteiger partial charge in [0.2, 0.25) is 5.91 Å². The fourth-order valence-corrected chi connectivity index (χ4v) is 3.30. The number of amides is 1. The minimum absolute atomic E-state index is 0.276. The molecule has 4 rings (SSSR count). The normalized spacial score (nSPS) is 25.2. The average Bonchev–Trinajstić information content (AvgIpc) is 2.76. The Morgan fingerprint density at radius 2 is 2.42 bits per heavy atom. The standard InChI is InChI=1S/C15H15N3O/c16-15(19)9-4-11-10-2-1-3-12-14(10)8(6-17-12)5-13(11)18-7-9/h4-5,7,12,17H,1-3,6H2,(H2,16,19)/i6D. The van der Waals surface area contributed by atoms with Gasteiger partial charge in [0, 0.05) is 25.5 Å². The lowest BCUT2D eigenvalue weighted by Crippen LogP contribution is -2.17. The summed E-state index contributed by atoms with van der Waals surface area (Å²) in [7, 11) is 0. The molecular weight excluding hydrogens is 238 g/mol. The average molecular weight is 254 g/mol.